The van der Waals surface area contributed by atoms with Gasteiger partial charge < -0.3 is 19.0 Å². The Morgan fingerprint density at radius 2 is 1.78 bits per heavy atom. The summed E-state index contributed by atoms with van der Waals surface area (Å²) in [5.74, 6) is -3.87. The van der Waals surface area contributed by atoms with Gasteiger partial charge in [-0.2, -0.15) is 13.2 Å². The highest BCUT2D eigenvalue weighted by Crippen LogP contribution is 2.38. The SMILES string of the molecule is O=C(O)COc1ccc2c(=O)c(Oc3ccccc3)c(C(F)(F)F)oc2c1. The Bertz CT molecular complexity index is 1040. The van der Waals surface area contributed by atoms with Gasteiger partial charge in [0.25, 0.3) is 5.76 Å². The first kappa shape index (κ1) is 18.3. The molecule has 140 valence electrons. The molecule has 1 heterocycles. The monoisotopic (exact) mass is 380 g/mol. The summed E-state index contributed by atoms with van der Waals surface area (Å²) in [6.45, 7) is -0.697. The second-order valence-electron chi connectivity index (χ2n) is 5.34. The van der Waals surface area contributed by atoms with Crippen molar-refractivity contribution in [2.24, 2.45) is 0 Å². The summed E-state index contributed by atoms with van der Waals surface area (Å²) < 4.78 is 55.1. The molecule has 0 aliphatic heterocycles. The normalized spacial score (nSPS) is 11.4. The van der Waals surface area contributed by atoms with Gasteiger partial charge in [-0.3, -0.25) is 4.79 Å². The predicted molar refractivity (Wildman–Crippen MR) is 87.1 cm³/mol. The summed E-state index contributed by atoms with van der Waals surface area (Å²) in [5, 5.41) is 8.43. The summed E-state index contributed by atoms with van der Waals surface area (Å²) in [6.07, 6.45) is -4.99. The zero-order valence-corrected chi connectivity index (χ0v) is 13.4. The van der Waals surface area contributed by atoms with E-state index < -0.39 is 41.3 Å². The van der Waals surface area contributed by atoms with Crippen molar-refractivity contribution in [2.75, 3.05) is 6.61 Å². The van der Waals surface area contributed by atoms with E-state index in [4.69, 9.17) is 19.0 Å². The third-order valence-corrected chi connectivity index (χ3v) is 3.41. The van der Waals surface area contributed by atoms with Crippen molar-refractivity contribution in [1.82, 2.24) is 0 Å². The molecular formula is C18H11F3O6. The predicted octanol–water partition coefficient (Wildman–Crippen LogP) is 4.07. The fourth-order valence-corrected chi connectivity index (χ4v) is 2.28. The molecule has 0 atom stereocenters. The Labute approximate surface area is 149 Å². The van der Waals surface area contributed by atoms with Crippen molar-refractivity contribution in [1.29, 1.82) is 0 Å². The van der Waals surface area contributed by atoms with E-state index in [9.17, 15) is 22.8 Å². The molecule has 27 heavy (non-hydrogen) atoms. The molecule has 0 unspecified atom stereocenters. The molecule has 0 spiro atoms. The first-order valence-electron chi connectivity index (χ1n) is 7.51. The molecule has 0 aliphatic rings. The fourth-order valence-electron chi connectivity index (χ4n) is 2.28. The van der Waals surface area contributed by atoms with Gasteiger partial charge in [0.15, 0.2) is 6.61 Å². The van der Waals surface area contributed by atoms with Gasteiger partial charge in [0.05, 0.1) is 5.39 Å². The zero-order valence-electron chi connectivity index (χ0n) is 13.4. The van der Waals surface area contributed by atoms with E-state index in [0.29, 0.717) is 0 Å². The van der Waals surface area contributed by atoms with E-state index in [1.54, 1.807) is 6.07 Å². The number of carboxylic acids is 1. The van der Waals surface area contributed by atoms with E-state index in [-0.39, 0.29) is 16.9 Å². The van der Waals surface area contributed by atoms with Crippen LogP contribution in [0.4, 0.5) is 13.2 Å². The van der Waals surface area contributed by atoms with Crippen LogP contribution in [0, 0.1) is 0 Å². The molecule has 3 aromatic rings. The molecule has 0 fully saturated rings. The molecule has 0 saturated heterocycles. The van der Waals surface area contributed by atoms with Crippen molar-refractivity contribution in [3.63, 3.8) is 0 Å². The Morgan fingerprint density at radius 3 is 2.41 bits per heavy atom. The highest BCUT2D eigenvalue weighted by Gasteiger charge is 2.40. The summed E-state index contributed by atoms with van der Waals surface area (Å²) >= 11 is 0. The molecule has 0 radical (unpaired) electrons. The largest absolute Gasteiger partial charge is 0.482 e. The van der Waals surface area contributed by atoms with Gasteiger partial charge in [0.2, 0.25) is 11.2 Å². The molecule has 6 nitrogen and oxygen atoms in total. The van der Waals surface area contributed by atoms with Crippen molar-refractivity contribution >= 4 is 16.9 Å². The number of aliphatic carboxylic acids is 1. The van der Waals surface area contributed by atoms with Gasteiger partial charge in [-0.05, 0) is 24.3 Å². The summed E-state index contributed by atoms with van der Waals surface area (Å²) in [4.78, 5) is 23.1. The van der Waals surface area contributed by atoms with E-state index in [1.165, 1.54) is 36.4 Å². The van der Waals surface area contributed by atoms with E-state index in [0.717, 1.165) is 6.07 Å². The number of carboxylic acid groups (broad SMARTS) is 1. The van der Waals surface area contributed by atoms with Crippen LogP contribution in [0.25, 0.3) is 11.0 Å². The molecule has 1 aromatic heterocycles. The van der Waals surface area contributed by atoms with Crippen molar-refractivity contribution in [2.45, 2.75) is 6.18 Å². The van der Waals surface area contributed by atoms with Crippen molar-refractivity contribution in [3.05, 3.63) is 64.5 Å². The van der Waals surface area contributed by atoms with Crippen molar-refractivity contribution < 1.29 is 37.0 Å². The minimum atomic E-state index is -4.99. The summed E-state index contributed by atoms with van der Waals surface area (Å²) in [7, 11) is 0. The fraction of sp³-hybridized carbons (Fsp3) is 0.111. The van der Waals surface area contributed by atoms with Crippen LogP contribution in [-0.2, 0) is 11.0 Å². The van der Waals surface area contributed by atoms with Gasteiger partial charge in [-0.25, -0.2) is 4.79 Å². The maximum atomic E-state index is 13.4. The second kappa shape index (κ2) is 7.02. The standard InChI is InChI=1S/C18H11F3O6/c19-18(20,21)17-16(26-10-4-2-1-3-5-10)15(24)12-7-6-11(8-13(12)27-17)25-9-14(22)23/h1-8H,9H2,(H,22,23). The van der Waals surface area contributed by atoms with Gasteiger partial charge in [-0.15, -0.1) is 0 Å². The van der Waals surface area contributed by atoms with Gasteiger partial charge >= 0.3 is 12.1 Å². The Morgan fingerprint density at radius 1 is 1.07 bits per heavy atom. The quantitative estimate of drug-likeness (QED) is 0.718. The Hall–Kier alpha value is -3.49. The van der Waals surface area contributed by atoms with Crippen LogP contribution in [0.15, 0.2) is 57.7 Å². The molecule has 2 aromatic carbocycles. The molecule has 0 saturated carbocycles. The third kappa shape index (κ3) is 4.02. The number of ether oxygens (including phenoxy) is 2. The van der Waals surface area contributed by atoms with Crippen LogP contribution in [-0.4, -0.2) is 17.7 Å². The molecule has 0 amide bonds. The van der Waals surface area contributed by atoms with Gasteiger partial charge in [0, 0.05) is 6.07 Å². The summed E-state index contributed by atoms with van der Waals surface area (Å²) in [6, 6.07) is 11.0. The number of carbonyl (C=O) groups is 1. The number of hydrogen-bond acceptors (Lipinski definition) is 5. The van der Waals surface area contributed by atoms with Crippen LogP contribution in [0.5, 0.6) is 17.2 Å². The lowest BCUT2D eigenvalue weighted by molar-refractivity contribution is -0.154. The molecule has 0 bridgehead atoms. The highest BCUT2D eigenvalue weighted by molar-refractivity contribution is 5.80. The number of halogens is 3. The minimum Gasteiger partial charge on any atom is -0.482 e. The molecule has 1 N–H and O–H groups in total. The lowest BCUT2D eigenvalue weighted by Gasteiger charge is -2.13. The maximum absolute atomic E-state index is 13.4. The van der Waals surface area contributed by atoms with Gasteiger partial charge in [0.1, 0.15) is 17.1 Å². The number of fused-ring (bicyclic) bond motifs is 1. The molecule has 0 aliphatic carbocycles. The van der Waals surface area contributed by atoms with Crippen LogP contribution in [0.3, 0.4) is 0 Å². The van der Waals surface area contributed by atoms with E-state index in [2.05, 4.69) is 0 Å². The molecule has 9 heteroatoms. The van der Waals surface area contributed by atoms with Crippen molar-refractivity contribution in [3.8, 4) is 17.2 Å². The van der Waals surface area contributed by atoms with Crippen LogP contribution in [0.2, 0.25) is 0 Å². The summed E-state index contributed by atoms with van der Waals surface area (Å²) in [5.41, 5.74) is -1.42. The lowest BCUT2D eigenvalue weighted by Crippen LogP contribution is -2.15. The van der Waals surface area contributed by atoms with Crippen LogP contribution < -0.4 is 14.9 Å². The Balaban J connectivity index is 2.14. The highest BCUT2D eigenvalue weighted by atomic mass is 19.4. The van der Waals surface area contributed by atoms with E-state index >= 15 is 0 Å². The number of benzene rings is 2. The molecular weight excluding hydrogens is 369 g/mol. The van der Waals surface area contributed by atoms with Crippen LogP contribution >= 0.6 is 0 Å². The lowest BCUT2D eigenvalue weighted by atomic mass is 10.2. The first-order chi connectivity index (χ1) is 12.8. The number of para-hydroxylation sites is 1. The maximum Gasteiger partial charge on any atom is 0.453 e. The number of rotatable bonds is 5. The third-order valence-electron chi connectivity index (χ3n) is 3.41. The Kier molecular flexibility index (Phi) is 4.76. The van der Waals surface area contributed by atoms with Gasteiger partial charge in [-0.1, -0.05) is 18.2 Å². The average Bonchev–Trinajstić information content (AvgIpc) is 2.62. The first-order valence-corrected chi connectivity index (χ1v) is 7.51. The number of hydrogen-bond donors (Lipinski definition) is 1. The smallest absolute Gasteiger partial charge is 0.453 e. The minimum absolute atomic E-state index is 0.0380. The molecule has 3 rings (SSSR count). The zero-order chi connectivity index (χ0) is 19.6. The average molecular weight is 380 g/mol. The topological polar surface area (TPSA) is 86.0 Å². The van der Waals surface area contributed by atoms with Crippen LogP contribution in [0.1, 0.15) is 5.76 Å². The van der Waals surface area contributed by atoms with E-state index in [1.807, 2.05) is 0 Å². The number of alkyl halides is 3. The second-order valence-corrected chi connectivity index (χ2v) is 5.34.